The fourth-order valence-corrected chi connectivity index (χ4v) is 3.00. The number of ether oxygens (including phenoxy) is 1. The molecule has 0 bridgehead atoms. The zero-order chi connectivity index (χ0) is 14.2. The first kappa shape index (κ1) is 13.1. The van der Waals surface area contributed by atoms with E-state index < -0.39 is 5.60 Å². The zero-order valence-electron chi connectivity index (χ0n) is 11.4. The summed E-state index contributed by atoms with van der Waals surface area (Å²) in [6.07, 6.45) is 1.86. The molecule has 0 saturated heterocycles. The highest BCUT2D eigenvalue weighted by atomic mass is 19.1. The smallest absolute Gasteiger partial charge is 0.123 e. The molecule has 2 nitrogen and oxygen atoms in total. The van der Waals surface area contributed by atoms with Gasteiger partial charge in [0.25, 0.3) is 0 Å². The maximum atomic E-state index is 13.2. The first-order valence-corrected chi connectivity index (χ1v) is 6.75. The number of benzene rings is 2. The molecule has 1 aliphatic rings. The molecule has 0 radical (unpaired) electrons. The van der Waals surface area contributed by atoms with Crippen LogP contribution in [0.4, 0.5) is 4.39 Å². The molecule has 3 heteroatoms. The van der Waals surface area contributed by atoms with Gasteiger partial charge >= 0.3 is 0 Å². The lowest BCUT2D eigenvalue weighted by molar-refractivity contribution is 0.0389. The number of hydrogen-bond donors (Lipinski definition) is 1. The average Bonchev–Trinajstić information content (AvgIpc) is 2.75. The standard InChI is InChI=1S/C17H17FO2/c1-20-15-4-2-3-12(9-15)11-17(19)8-7-13-10-14(18)5-6-16(13)17/h2-6,9-10,19H,7-8,11H2,1H3. The maximum absolute atomic E-state index is 13.2. The molecular formula is C17H17FO2. The fourth-order valence-electron chi connectivity index (χ4n) is 3.00. The molecule has 104 valence electrons. The molecule has 20 heavy (non-hydrogen) atoms. The van der Waals surface area contributed by atoms with Gasteiger partial charge in [-0.25, -0.2) is 4.39 Å². The Hall–Kier alpha value is -1.87. The molecule has 3 rings (SSSR count). The lowest BCUT2D eigenvalue weighted by atomic mass is 9.89. The minimum atomic E-state index is -0.907. The van der Waals surface area contributed by atoms with Gasteiger partial charge in [0.2, 0.25) is 0 Å². The maximum Gasteiger partial charge on any atom is 0.123 e. The van der Waals surface area contributed by atoms with Crippen molar-refractivity contribution in [2.45, 2.75) is 24.9 Å². The van der Waals surface area contributed by atoms with Crippen LogP contribution in [0.25, 0.3) is 0 Å². The second-order valence-corrected chi connectivity index (χ2v) is 5.36. The molecule has 2 aromatic rings. The van der Waals surface area contributed by atoms with Gasteiger partial charge in [-0.1, -0.05) is 18.2 Å². The van der Waals surface area contributed by atoms with Gasteiger partial charge in [-0.15, -0.1) is 0 Å². The van der Waals surface area contributed by atoms with Crippen molar-refractivity contribution in [1.82, 2.24) is 0 Å². The van der Waals surface area contributed by atoms with E-state index in [1.165, 1.54) is 12.1 Å². The average molecular weight is 272 g/mol. The Morgan fingerprint density at radius 1 is 1.25 bits per heavy atom. The van der Waals surface area contributed by atoms with Crippen LogP contribution in [0.3, 0.4) is 0 Å². The molecule has 1 aliphatic carbocycles. The van der Waals surface area contributed by atoms with Gasteiger partial charge in [0.1, 0.15) is 11.6 Å². The fraction of sp³-hybridized carbons (Fsp3) is 0.294. The summed E-state index contributed by atoms with van der Waals surface area (Å²) in [5, 5.41) is 10.9. The SMILES string of the molecule is COc1cccc(CC2(O)CCc3cc(F)ccc32)c1. The summed E-state index contributed by atoms with van der Waals surface area (Å²) in [5.74, 6) is 0.540. The molecule has 0 spiro atoms. The summed E-state index contributed by atoms with van der Waals surface area (Å²) in [7, 11) is 1.63. The van der Waals surface area contributed by atoms with Crippen molar-refractivity contribution >= 4 is 0 Å². The summed E-state index contributed by atoms with van der Waals surface area (Å²) >= 11 is 0. The second-order valence-electron chi connectivity index (χ2n) is 5.36. The number of halogens is 1. The third kappa shape index (κ3) is 2.29. The molecule has 0 aliphatic heterocycles. The summed E-state index contributed by atoms with van der Waals surface area (Å²) in [4.78, 5) is 0. The van der Waals surface area contributed by atoms with Crippen molar-refractivity contribution in [2.75, 3.05) is 7.11 Å². The monoisotopic (exact) mass is 272 g/mol. The summed E-state index contributed by atoms with van der Waals surface area (Å²) in [6.45, 7) is 0. The number of rotatable bonds is 3. The normalized spacial score (nSPS) is 20.8. The van der Waals surface area contributed by atoms with Crippen molar-refractivity contribution in [3.63, 3.8) is 0 Å². The van der Waals surface area contributed by atoms with E-state index in [4.69, 9.17) is 4.74 Å². The number of aryl methyl sites for hydroxylation is 1. The Morgan fingerprint density at radius 2 is 2.10 bits per heavy atom. The third-order valence-electron chi connectivity index (χ3n) is 4.01. The molecule has 0 saturated carbocycles. The lowest BCUT2D eigenvalue weighted by Gasteiger charge is -2.24. The molecule has 1 N–H and O–H groups in total. The van der Waals surface area contributed by atoms with Crippen molar-refractivity contribution in [2.24, 2.45) is 0 Å². The minimum Gasteiger partial charge on any atom is -0.497 e. The first-order valence-electron chi connectivity index (χ1n) is 6.75. The van der Waals surface area contributed by atoms with Gasteiger partial charge in [-0.3, -0.25) is 0 Å². The van der Waals surface area contributed by atoms with Crippen LogP contribution in [-0.2, 0) is 18.4 Å². The van der Waals surface area contributed by atoms with Gasteiger partial charge in [-0.05, 0) is 53.8 Å². The lowest BCUT2D eigenvalue weighted by Crippen LogP contribution is -2.25. The van der Waals surface area contributed by atoms with Crippen molar-refractivity contribution in [3.05, 3.63) is 65.0 Å². The molecule has 0 fully saturated rings. The van der Waals surface area contributed by atoms with E-state index in [9.17, 15) is 9.50 Å². The molecule has 0 amide bonds. The van der Waals surface area contributed by atoms with Crippen LogP contribution in [0.2, 0.25) is 0 Å². The quantitative estimate of drug-likeness (QED) is 0.929. The Morgan fingerprint density at radius 3 is 2.90 bits per heavy atom. The van der Waals surface area contributed by atoms with E-state index in [0.29, 0.717) is 19.3 Å². The first-order chi connectivity index (χ1) is 9.60. The zero-order valence-corrected chi connectivity index (χ0v) is 11.4. The van der Waals surface area contributed by atoms with Gasteiger partial charge < -0.3 is 9.84 Å². The summed E-state index contributed by atoms with van der Waals surface area (Å²) in [6, 6.07) is 12.3. The molecule has 0 aromatic heterocycles. The molecule has 0 heterocycles. The largest absolute Gasteiger partial charge is 0.497 e. The van der Waals surface area contributed by atoms with Crippen LogP contribution in [0.15, 0.2) is 42.5 Å². The van der Waals surface area contributed by atoms with Gasteiger partial charge in [0, 0.05) is 6.42 Å². The van der Waals surface area contributed by atoms with Gasteiger partial charge in [-0.2, -0.15) is 0 Å². The van der Waals surface area contributed by atoms with Crippen LogP contribution in [-0.4, -0.2) is 12.2 Å². The number of hydrogen-bond acceptors (Lipinski definition) is 2. The Balaban J connectivity index is 1.91. The van der Waals surface area contributed by atoms with Crippen LogP contribution < -0.4 is 4.74 Å². The predicted octanol–water partition coefficient (Wildman–Crippen LogP) is 3.21. The van der Waals surface area contributed by atoms with E-state index in [1.54, 1.807) is 13.2 Å². The van der Waals surface area contributed by atoms with Crippen LogP contribution >= 0.6 is 0 Å². The second kappa shape index (κ2) is 4.91. The molecule has 1 atom stereocenters. The Kier molecular flexibility index (Phi) is 3.22. The predicted molar refractivity (Wildman–Crippen MR) is 75.3 cm³/mol. The third-order valence-corrected chi connectivity index (χ3v) is 4.01. The summed E-state index contributed by atoms with van der Waals surface area (Å²) < 4.78 is 18.4. The number of fused-ring (bicyclic) bond motifs is 1. The Labute approximate surface area is 117 Å². The molecule has 2 aromatic carbocycles. The van der Waals surface area contributed by atoms with Crippen molar-refractivity contribution in [1.29, 1.82) is 0 Å². The number of aliphatic hydroxyl groups is 1. The highest BCUT2D eigenvalue weighted by Crippen LogP contribution is 2.39. The summed E-state index contributed by atoms with van der Waals surface area (Å²) in [5.41, 5.74) is 1.87. The van der Waals surface area contributed by atoms with E-state index in [-0.39, 0.29) is 5.82 Å². The van der Waals surface area contributed by atoms with E-state index in [1.807, 2.05) is 24.3 Å². The minimum absolute atomic E-state index is 0.241. The van der Waals surface area contributed by atoms with Crippen LogP contribution in [0.5, 0.6) is 5.75 Å². The molecule has 1 unspecified atom stereocenters. The highest BCUT2D eigenvalue weighted by Gasteiger charge is 2.36. The van der Waals surface area contributed by atoms with E-state index in [0.717, 1.165) is 22.4 Å². The number of methoxy groups -OCH3 is 1. The highest BCUT2D eigenvalue weighted by molar-refractivity contribution is 5.40. The Bertz CT molecular complexity index is 639. The van der Waals surface area contributed by atoms with Gasteiger partial charge in [0.05, 0.1) is 12.7 Å². The van der Waals surface area contributed by atoms with Crippen molar-refractivity contribution in [3.8, 4) is 5.75 Å². The van der Waals surface area contributed by atoms with E-state index >= 15 is 0 Å². The van der Waals surface area contributed by atoms with Crippen LogP contribution in [0.1, 0.15) is 23.1 Å². The van der Waals surface area contributed by atoms with E-state index in [2.05, 4.69) is 0 Å². The van der Waals surface area contributed by atoms with Crippen molar-refractivity contribution < 1.29 is 14.2 Å². The van der Waals surface area contributed by atoms with Gasteiger partial charge in [0.15, 0.2) is 0 Å². The topological polar surface area (TPSA) is 29.5 Å². The molecular weight excluding hydrogens is 255 g/mol. The van der Waals surface area contributed by atoms with Crippen LogP contribution in [0, 0.1) is 5.82 Å².